The summed E-state index contributed by atoms with van der Waals surface area (Å²) in [4.78, 5) is 26.5. The number of hydrogen-bond donors (Lipinski definition) is 1. The zero-order chi connectivity index (χ0) is 14.2. The molecule has 0 aliphatic carbocycles. The molecule has 0 aliphatic rings. The van der Waals surface area contributed by atoms with E-state index in [0.717, 1.165) is 4.57 Å². The van der Waals surface area contributed by atoms with Crippen molar-refractivity contribution >= 4 is 23.2 Å². The van der Waals surface area contributed by atoms with Crippen LogP contribution in [0.5, 0.6) is 0 Å². The van der Waals surface area contributed by atoms with E-state index in [2.05, 4.69) is 4.98 Å². The van der Waals surface area contributed by atoms with Gasteiger partial charge in [0.25, 0.3) is 5.56 Å². The molecule has 1 unspecified atom stereocenters. The Morgan fingerprint density at radius 1 is 1.21 bits per heavy atom. The zero-order valence-corrected chi connectivity index (χ0v) is 11.9. The van der Waals surface area contributed by atoms with Crippen molar-refractivity contribution < 1.29 is 0 Å². The smallest absolute Gasteiger partial charge is 0.297 e. The molecule has 0 spiro atoms. The highest BCUT2D eigenvalue weighted by Crippen LogP contribution is 2.23. The van der Waals surface area contributed by atoms with Crippen molar-refractivity contribution in [3.63, 3.8) is 0 Å². The molecule has 0 saturated heterocycles. The van der Waals surface area contributed by atoms with Crippen LogP contribution in [0.25, 0.3) is 0 Å². The molecule has 0 radical (unpaired) electrons. The number of nitrogens with one attached hydrogen (secondary N) is 1. The second-order valence-corrected chi connectivity index (χ2v) is 5.03. The van der Waals surface area contributed by atoms with Crippen LogP contribution in [0.3, 0.4) is 0 Å². The van der Waals surface area contributed by atoms with Crippen molar-refractivity contribution in [1.29, 1.82) is 0 Å². The van der Waals surface area contributed by atoms with Gasteiger partial charge < -0.3 is 0 Å². The van der Waals surface area contributed by atoms with Gasteiger partial charge >= 0.3 is 5.69 Å². The van der Waals surface area contributed by atoms with Crippen LogP contribution in [0.2, 0.25) is 10.2 Å². The van der Waals surface area contributed by atoms with E-state index < -0.39 is 17.3 Å². The minimum absolute atomic E-state index is 0.0672. The van der Waals surface area contributed by atoms with Gasteiger partial charge in [-0.2, -0.15) is 0 Å². The molecule has 6 heteroatoms. The quantitative estimate of drug-likeness (QED) is 0.867. The molecule has 0 saturated carbocycles. The second-order valence-electron chi connectivity index (χ2n) is 4.24. The van der Waals surface area contributed by atoms with Crippen molar-refractivity contribution in [2.75, 3.05) is 0 Å². The highest BCUT2D eigenvalue weighted by atomic mass is 35.5. The van der Waals surface area contributed by atoms with E-state index in [1.807, 2.05) is 0 Å². The molecule has 100 valence electrons. The monoisotopic (exact) mass is 298 g/mol. The van der Waals surface area contributed by atoms with Crippen molar-refractivity contribution in [3.05, 3.63) is 66.4 Å². The van der Waals surface area contributed by atoms with Crippen LogP contribution in [0, 0.1) is 6.92 Å². The van der Waals surface area contributed by atoms with E-state index in [1.54, 1.807) is 38.1 Å². The first-order valence-electron chi connectivity index (χ1n) is 5.69. The lowest BCUT2D eigenvalue weighted by Gasteiger charge is -2.16. The number of benzene rings is 1. The van der Waals surface area contributed by atoms with E-state index in [0.29, 0.717) is 16.1 Å². The number of nitrogens with zero attached hydrogens (tertiary/aromatic N) is 1. The van der Waals surface area contributed by atoms with Gasteiger partial charge in [-0.1, -0.05) is 41.4 Å². The third kappa shape index (κ3) is 2.46. The van der Waals surface area contributed by atoms with Gasteiger partial charge in [0, 0.05) is 10.6 Å². The summed E-state index contributed by atoms with van der Waals surface area (Å²) in [7, 11) is 0. The Labute approximate surface area is 119 Å². The topological polar surface area (TPSA) is 54.9 Å². The highest BCUT2D eigenvalue weighted by Gasteiger charge is 2.17. The van der Waals surface area contributed by atoms with Gasteiger partial charge in [0.15, 0.2) is 0 Å². The largest absolute Gasteiger partial charge is 0.330 e. The number of halogens is 2. The Morgan fingerprint density at radius 3 is 2.47 bits per heavy atom. The van der Waals surface area contributed by atoms with Gasteiger partial charge in [-0.3, -0.25) is 14.3 Å². The highest BCUT2D eigenvalue weighted by molar-refractivity contribution is 6.31. The Kier molecular flexibility index (Phi) is 3.83. The first-order valence-corrected chi connectivity index (χ1v) is 6.44. The average molecular weight is 299 g/mol. The standard InChI is InChI=1S/C13H12Cl2N2O2/c1-7-11(15)16-13(19)17(12(7)18)8(2)9-5-3-4-6-10(9)14/h3-6,8H,1-2H3,(H,16,19). The minimum atomic E-state index is -0.548. The molecular weight excluding hydrogens is 287 g/mol. The summed E-state index contributed by atoms with van der Waals surface area (Å²) >= 11 is 11.9. The van der Waals surface area contributed by atoms with Gasteiger partial charge in [0.05, 0.1) is 6.04 Å². The third-order valence-corrected chi connectivity index (χ3v) is 3.77. The summed E-state index contributed by atoms with van der Waals surface area (Å²) < 4.78 is 1.11. The summed E-state index contributed by atoms with van der Waals surface area (Å²) in [5.41, 5.74) is 0.0489. The number of aromatic nitrogens is 2. The molecule has 1 aromatic carbocycles. The normalized spacial score (nSPS) is 12.4. The summed E-state index contributed by atoms with van der Waals surface area (Å²) in [5, 5.41) is 0.575. The van der Waals surface area contributed by atoms with Crippen LogP contribution in [0.15, 0.2) is 33.9 Å². The van der Waals surface area contributed by atoms with Crippen molar-refractivity contribution in [2.24, 2.45) is 0 Å². The molecule has 19 heavy (non-hydrogen) atoms. The lowest BCUT2D eigenvalue weighted by molar-refractivity contribution is 0.574. The van der Waals surface area contributed by atoms with Crippen LogP contribution in [-0.4, -0.2) is 9.55 Å². The van der Waals surface area contributed by atoms with Crippen LogP contribution in [0.4, 0.5) is 0 Å². The maximum Gasteiger partial charge on any atom is 0.330 e. The first-order chi connectivity index (χ1) is 8.93. The Balaban J connectivity index is 2.67. The fraction of sp³-hybridized carbons (Fsp3) is 0.231. The van der Waals surface area contributed by atoms with Crippen molar-refractivity contribution in [2.45, 2.75) is 19.9 Å². The molecule has 0 fully saturated rings. The molecule has 1 atom stereocenters. The molecule has 4 nitrogen and oxygen atoms in total. The molecule has 0 bridgehead atoms. The molecule has 1 heterocycles. The first kappa shape index (κ1) is 13.9. The minimum Gasteiger partial charge on any atom is -0.297 e. The van der Waals surface area contributed by atoms with Gasteiger partial charge in [-0.15, -0.1) is 0 Å². The summed E-state index contributed by atoms with van der Waals surface area (Å²) in [6.45, 7) is 3.31. The van der Waals surface area contributed by atoms with Gasteiger partial charge in [-0.25, -0.2) is 4.79 Å². The summed E-state index contributed by atoms with van der Waals surface area (Å²) in [6.07, 6.45) is 0. The molecule has 0 amide bonds. The molecule has 2 rings (SSSR count). The maximum atomic E-state index is 12.2. The molecule has 0 aliphatic heterocycles. The fourth-order valence-electron chi connectivity index (χ4n) is 1.92. The van der Waals surface area contributed by atoms with E-state index in [4.69, 9.17) is 23.2 Å². The summed E-state index contributed by atoms with van der Waals surface area (Å²) in [5.74, 6) is 0. The van der Waals surface area contributed by atoms with Crippen LogP contribution < -0.4 is 11.2 Å². The van der Waals surface area contributed by atoms with Crippen molar-refractivity contribution in [1.82, 2.24) is 9.55 Å². The lowest BCUT2D eigenvalue weighted by atomic mass is 10.1. The van der Waals surface area contributed by atoms with E-state index in [-0.39, 0.29) is 5.15 Å². The zero-order valence-electron chi connectivity index (χ0n) is 10.4. The van der Waals surface area contributed by atoms with E-state index >= 15 is 0 Å². The number of H-pyrrole nitrogens is 1. The molecular formula is C13H12Cl2N2O2. The SMILES string of the molecule is Cc1c(Cl)[nH]c(=O)n(C(C)c2ccccc2Cl)c1=O. The van der Waals surface area contributed by atoms with Crippen LogP contribution in [-0.2, 0) is 0 Å². The number of aromatic amines is 1. The Morgan fingerprint density at radius 2 is 1.84 bits per heavy atom. The van der Waals surface area contributed by atoms with Crippen LogP contribution >= 0.6 is 23.2 Å². The second kappa shape index (κ2) is 5.23. The van der Waals surface area contributed by atoms with Crippen LogP contribution in [0.1, 0.15) is 24.1 Å². The Bertz CT molecular complexity index is 734. The van der Waals surface area contributed by atoms with Crippen molar-refractivity contribution in [3.8, 4) is 0 Å². The van der Waals surface area contributed by atoms with Gasteiger partial charge in [-0.05, 0) is 25.5 Å². The Hall–Kier alpha value is -1.52. The lowest BCUT2D eigenvalue weighted by Crippen LogP contribution is -2.39. The van der Waals surface area contributed by atoms with E-state index in [9.17, 15) is 9.59 Å². The molecule has 1 aromatic heterocycles. The van der Waals surface area contributed by atoms with Gasteiger partial charge in [0.2, 0.25) is 0 Å². The summed E-state index contributed by atoms with van der Waals surface area (Å²) in [6, 6.07) is 6.62. The number of rotatable bonds is 2. The molecule has 2 aromatic rings. The number of hydrogen-bond acceptors (Lipinski definition) is 2. The van der Waals surface area contributed by atoms with Gasteiger partial charge in [0.1, 0.15) is 5.15 Å². The average Bonchev–Trinajstić information content (AvgIpc) is 2.36. The fourth-order valence-corrected chi connectivity index (χ4v) is 2.37. The molecule has 1 N–H and O–H groups in total. The third-order valence-electron chi connectivity index (χ3n) is 3.05. The maximum absolute atomic E-state index is 12.2. The van der Waals surface area contributed by atoms with E-state index in [1.165, 1.54) is 0 Å². The predicted octanol–water partition coefficient (Wildman–Crippen LogP) is 2.76. The predicted molar refractivity (Wildman–Crippen MR) is 76.3 cm³/mol.